The number of rotatable bonds is 44. The molecule has 58 heavy (non-hydrogen) atoms. The molecule has 0 aliphatic heterocycles. The maximum Gasteiger partial charge on any atom is 0.306 e. The Morgan fingerprint density at radius 2 is 0.638 bits per heavy atom. The van der Waals surface area contributed by atoms with Gasteiger partial charge in [0.1, 0.15) is 13.2 Å². The molecule has 0 saturated carbocycles. The number of unbranched alkanes of at least 4 members (excludes halogenated alkanes) is 26. The van der Waals surface area contributed by atoms with Crippen LogP contribution in [0.1, 0.15) is 245 Å². The molecule has 0 radical (unpaired) electrons. The zero-order valence-electron chi connectivity index (χ0n) is 38.3. The van der Waals surface area contributed by atoms with Crippen LogP contribution in [0.4, 0.5) is 0 Å². The van der Waals surface area contributed by atoms with Crippen molar-refractivity contribution in [1.82, 2.24) is 0 Å². The standard InChI is InChI=1S/C52H92O6/c1-4-7-10-13-16-19-22-24-26-27-29-30-33-36-39-42-45-51(54)57-48-49(47-56-50(53)44-41-38-35-32-21-18-15-12-9-6-3)58-52(55)46-43-40-37-34-31-28-25-23-20-17-14-11-8-5-2/h15,18,26-31,49H,4-14,16-17,19-25,32-48H2,1-3H3/b18-15-,27-26-,30-29-,31-28-. The predicted molar refractivity (Wildman–Crippen MR) is 247 cm³/mol. The van der Waals surface area contributed by atoms with Crippen LogP contribution in [0, 0.1) is 0 Å². The Morgan fingerprint density at radius 3 is 1.03 bits per heavy atom. The third kappa shape index (κ3) is 44.5. The molecule has 336 valence electrons. The lowest BCUT2D eigenvalue weighted by molar-refractivity contribution is -0.167. The van der Waals surface area contributed by atoms with E-state index >= 15 is 0 Å². The normalized spacial score (nSPS) is 12.4. The summed E-state index contributed by atoms with van der Waals surface area (Å²) in [5.41, 5.74) is 0. The molecule has 0 heterocycles. The highest BCUT2D eigenvalue weighted by Crippen LogP contribution is 2.13. The second kappa shape index (κ2) is 47.1. The molecule has 0 aliphatic carbocycles. The van der Waals surface area contributed by atoms with Crippen molar-refractivity contribution >= 4 is 17.9 Å². The van der Waals surface area contributed by atoms with Gasteiger partial charge in [0.25, 0.3) is 0 Å². The molecule has 0 aromatic heterocycles. The Balaban J connectivity index is 4.42. The van der Waals surface area contributed by atoms with E-state index in [-0.39, 0.29) is 31.1 Å². The lowest BCUT2D eigenvalue weighted by Crippen LogP contribution is -2.30. The van der Waals surface area contributed by atoms with E-state index in [0.717, 1.165) is 103 Å². The summed E-state index contributed by atoms with van der Waals surface area (Å²) in [6.07, 6.45) is 55.3. The summed E-state index contributed by atoms with van der Waals surface area (Å²) in [6.45, 7) is 6.54. The fourth-order valence-electron chi connectivity index (χ4n) is 6.76. The zero-order chi connectivity index (χ0) is 42.3. The molecule has 0 aromatic carbocycles. The summed E-state index contributed by atoms with van der Waals surface area (Å²) in [5, 5.41) is 0. The molecule has 0 spiro atoms. The summed E-state index contributed by atoms with van der Waals surface area (Å²) < 4.78 is 16.7. The van der Waals surface area contributed by atoms with Gasteiger partial charge in [0.2, 0.25) is 0 Å². The Bertz CT molecular complexity index is 1030. The van der Waals surface area contributed by atoms with Crippen LogP contribution in [0.3, 0.4) is 0 Å². The fraction of sp³-hybridized carbons (Fsp3) is 0.788. The van der Waals surface area contributed by atoms with Gasteiger partial charge in [0.05, 0.1) is 0 Å². The van der Waals surface area contributed by atoms with E-state index in [2.05, 4.69) is 69.4 Å². The van der Waals surface area contributed by atoms with Crippen LogP contribution in [-0.2, 0) is 28.6 Å². The van der Waals surface area contributed by atoms with Gasteiger partial charge in [0.15, 0.2) is 6.10 Å². The number of carbonyl (C=O) groups is 3. The first-order valence-electron chi connectivity index (χ1n) is 24.7. The molecule has 0 rings (SSSR count). The fourth-order valence-corrected chi connectivity index (χ4v) is 6.76. The summed E-state index contributed by atoms with van der Waals surface area (Å²) in [4.78, 5) is 37.8. The van der Waals surface area contributed by atoms with Crippen molar-refractivity contribution in [3.05, 3.63) is 48.6 Å². The van der Waals surface area contributed by atoms with E-state index in [0.29, 0.717) is 19.3 Å². The largest absolute Gasteiger partial charge is 0.462 e. The van der Waals surface area contributed by atoms with E-state index in [1.807, 2.05) is 0 Å². The Kier molecular flexibility index (Phi) is 44.9. The van der Waals surface area contributed by atoms with E-state index < -0.39 is 6.10 Å². The molecular formula is C52H92O6. The summed E-state index contributed by atoms with van der Waals surface area (Å²) in [6, 6.07) is 0. The zero-order valence-corrected chi connectivity index (χ0v) is 38.3. The van der Waals surface area contributed by atoms with Crippen LogP contribution < -0.4 is 0 Å². The van der Waals surface area contributed by atoms with Gasteiger partial charge < -0.3 is 14.2 Å². The van der Waals surface area contributed by atoms with Crippen LogP contribution in [-0.4, -0.2) is 37.2 Å². The van der Waals surface area contributed by atoms with Gasteiger partial charge in [0, 0.05) is 19.3 Å². The van der Waals surface area contributed by atoms with Crippen molar-refractivity contribution in [3.63, 3.8) is 0 Å². The van der Waals surface area contributed by atoms with Gasteiger partial charge in [-0.25, -0.2) is 0 Å². The van der Waals surface area contributed by atoms with Crippen molar-refractivity contribution < 1.29 is 28.6 Å². The molecular weight excluding hydrogens is 721 g/mol. The van der Waals surface area contributed by atoms with Gasteiger partial charge in [-0.1, -0.05) is 185 Å². The average Bonchev–Trinajstić information content (AvgIpc) is 3.22. The molecule has 0 aromatic rings. The van der Waals surface area contributed by atoms with Crippen LogP contribution in [0.5, 0.6) is 0 Å². The summed E-state index contributed by atoms with van der Waals surface area (Å²) >= 11 is 0. The minimum atomic E-state index is -0.793. The minimum Gasteiger partial charge on any atom is -0.462 e. The third-order valence-corrected chi connectivity index (χ3v) is 10.6. The number of allylic oxidation sites excluding steroid dienone is 8. The first kappa shape index (κ1) is 55.4. The molecule has 0 amide bonds. The van der Waals surface area contributed by atoms with Crippen molar-refractivity contribution in [3.8, 4) is 0 Å². The Hall–Kier alpha value is -2.63. The van der Waals surface area contributed by atoms with Crippen LogP contribution in [0.15, 0.2) is 48.6 Å². The molecule has 1 atom stereocenters. The number of hydrogen-bond donors (Lipinski definition) is 0. The number of esters is 3. The molecule has 6 nitrogen and oxygen atoms in total. The Labute approximate surface area is 358 Å². The van der Waals surface area contributed by atoms with Crippen molar-refractivity contribution in [2.75, 3.05) is 13.2 Å². The van der Waals surface area contributed by atoms with Gasteiger partial charge in [-0.3, -0.25) is 14.4 Å². The third-order valence-electron chi connectivity index (χ3n) is 10.6. The Morgan fingerprint density at radius 1 is 0.345 bits per heavy atom. The topological polar surface area (TPSA) is 78.9 Å². The van der Waals surface area contributed by atoms with Gasteiger partial charge in [-0.2, -0.15) is 0 Å². The second-order valence-electron chi connectivity index (χ2n) is 16.4. The summed E-state index contributed by atoms with van der Waals surface area (Å²) in [7, 11) is 0. The first-order valence-corrected chi connectivity index (χ1v) is 24.7. The van der Waals surface area contributed by atoms with E-state index in [1.165, 1.54) is 103 Å². The first-order chi connectivity index (χ1) is 28.5. The van der Waals surface area contributed by atoms with E-state index in [1.54, 1.807) is 0 Å². The number of carbonyl (C=O) groups excluding carboxylic acids is 3. The highest BCUT2D eigenvalue weighted by Gasteiger charge is 2.19. The molecule has 0 bridgehead atoms. The molecule has 0 saturated heterocycles. The molecule has 6 heteroatoms. The lowest BCUT2D eigenvalue weighted by Gasteiger charge is -2.18. The maximum atomic E-state index is 12.7. The highest BCUT2D eigenvalue weighted by atomic mass is 16.6. The average molecular weight is 813 g/mol. The van der Waals surface area contributed by atoms with Crippen LogP contribution in [0.2, 0.25) is 0 Å². The molecule has 0 aliphatic rings. The minimum absolute atomic E-state index is 0.0935. The van der Waals surface area contributed by atoms with Crippen molar-refractivity contribution in [2.45, 2.75) is 252 Å². The molecule has 0 fully saturated rings. The van der Waals surface area contributed by atoms with Gasteiger partial charge >= 0.3 is 17.9 Å². The van der Waals surface area contributed by atoms with E-state index in [4.69, 9.17) is 14.2 Å². The van der Waals surface area contributed by atoms with E-state index in [9.17, 15) is 14.4 Å². The monoisotopic (exact) mass is 813 g/mol. The second-order valence-corrected chi connectivity index (χ2v) is 16.4. The molecule has 1 unspecified atom stereocenters. The smallest absolute Gasteiger partial charge is 0.306 e. The lowest BCUT2D eigenvalue weighted by atomic mass is 10.1. The van der Waals surface area contributed by atoms with Gasteiger partial charge in [-0.15, -0.1) is 0 Å². The maximum absolute atomic E-state index is 12.7. The number of ether oxygens (including phenoxy) is 3. The number of hydrogen-bond acceptors (Lipinski definition) is 6. The quantitative estimate of drug-likeness (QED) is 0.0200. The predicted octanol–water partition coefficient (Wildman–Crippen LogP) is 15.9. The summed E-state index contributed by atoms with van der Waals surface area (Å²) in [5.74, 6) is -0.947. The van der Waals surface area contributed by atoms with Crippen LogP contribution >= 0.6 is 0 Å². The van der Waals surface area contributed by atoms with Crippen molar-refractivity contribution in [1.29, 1.82) is 0 Å². The molecule has 0 N–H and O–H groups in total. The van der Waals surface area contributed by atoms with Gasteiger partial charge in [-0.05, 0) is 89.9 Å². The van der Waals surface area contributed by atoms with Crippen LogP contribution in [0.25, 0.3) is 0 Å². The SMILES string of the molecule is CCCC/C=C\CCCCCCC(=O)OCC(COC(=O)CCCCC/C=C\C=C/CCCCCCCCC)OC(=O)CCCCC/C=C\CCCCCCCCC. The highest BCUT2D eigenvalue weighted by molar-refractivity contribution is 5.71. The van der Waals surface area contributed by atoms with Crippen molar-refractivity contribution in [2.24, 2.45) is 0 Å².